The summed E-state index contributed by atoms with van der Waals surface area (Å²) in [5, 5.41) is 17.8. The molecule has 0 bridgehead atoms. The van der Waals surface area contributed by atoms with Gasteiger partial charge in [-0.3, -0.25) is 4.79 Å². The average molecular weight is 390 g/mol. The number of para-hydroxylation sites is 1. The fourth-order valence-electron chi connectivity index (χ4n) is 2.86. The van der Waals surface area contributed by atoms with Gasteiger partial charge in [-0.2, -0.15) is 5.10 Å². The normalized spacial score (nSPS) is 10.6. The van der Waals surface area contributed by atoms with E-state index in [4.69, 9.17) is 11.6 Å². The van der Waals surface area contributed by atoms with Gasteiger partial charge in [0.25, 0.3) is 5.91 Å². The van der Waals surface area contributed by atoms with Gasteiger partial charge in [0.05, 0.1) is 16.9 Å². The minimum absolute atomic E-state index is 0.0607. The topological polar surface area (TPSA) is 67.2 Å². The molecule has 0 aliphatic heterocycles. The highest BCUT2D eigenvalue weighted by atomic mass is 35.5. The third kappa shape index (κ3) is 3.61. The number of halogens is 1. The number of hydrogen-bond donors (Lipinski definition) is 2. The van der Waals surface area contributed by atoms with Gasteiger partial charge in [-0.15, -0.1) is 0 Å². The number of phenols is 1. The molecule has 2 N–H and O–H groups in total. The van der Waals surface area contributed by atoms with E-state index in [2.05, 4.69) is 10.4 Å². The number of hydrogen-bond acceptors (Lipinski definition) is 3. The molecular formula is C22H16ClN3O2. The molecule has 28 heavy (non-hydrogen) atoms. The number of carbonyl (C=O) groups excluding carboxylic acids is 1. The fraction of sp³-hybridized carbons (Fsp3) is 0. The van der Waals surface area contributed by atoms with E-state index in [9.17, 15) is 9.90 Å². The third-order valence-corrected chi connectivity index (χ3v) is 4.47. The Morgan fingerprint density at radius 2 is 1.64 bits per heavy atom. The Morgan fingerprint density at radius 1 is 0.964 bits per heavy atom. The summed E-state index contributed by atoms with van der Waals surface area (Å²) in [6.07, 6.45) is 1.68. The molecule has 0 atom stereocenters. The number of amides is 1. The lowest BCUT2D eigenvalue weighted by Crippen LogP contribution is -2.12. The second-order valence-corrected chi connectivity index (χ2v) is 6.59. The first-order valence-corrected chi connectivity index (χ1v) is 9.00. The Hall–Kier alpha value is -3.57. The SMILES string of the molecule is O=C(Nc1cc(Cl)ccc1O)c1cn(-c2ccccc2)nc1-c1ccccc1. The third-order valence-electron chi connectivity index (χ3n) is 4.23. The van der Waals surface area contributed by atoms with Gasteiger partial charge in [0.1, 0.15) is 11.4 Å². The summed E-state index contributed by atoms with van der Waals surface area (Å²) >= 11 is 5.98. The molecule has 0 aliphatic rings. The van der Waals surface area contributed by atoms with E-state index in [1.165, 1.54) is 12.1 Å². The van der Waals surface area contributed by atoms with Crippen molar-refractivity contribution in [3.8, 4) is 22.7 Å². The zero-order valence-corrected chi connectivity index (χ0v) is 15.5. The molecule has 138 valence electrons. The van der Waals surface area contributed by atoms with Crippen LogP contribution in [0.4, 0.5) is 5.69 Å². The van der Waals surface area contributed by atoms with Gasteiger partial charge >= 0.3 is 0 Å². The Bertz CT molecular complexity index is 1130. The molecule has 5 nitrogen and oxygen atoms in total. The molecule has 1 aromatic heterocycles. The number of nitrogens with one attached hydrogen (secondary N) is 1. The predicted molar refractivity (Wildman–Crippen MR) is 110 cm³/mol. The van der Waals surface area contributed by atoms with Crippen molar-refractivity contribution in [2.75, 3.05) is 5.32 Å². The fourth-order valence-corrected chi connectivity index (χ4v) is 3.03. The Kier molecular flexibility index (Phi) is 4.83. The van der Waals surface area contributed by atoms with Crippen molar-refractivity contribution in [2.45, 2.75) is 0 Å². The highest BCUT2D eigenvalue weighted by Crippen LogP contribution is 2.29. The van der Waals surface area contributed by atoms with Crippen LogP contribution in [0.3, 0.4) is 0 Å². The molecule has 0 aliphatic carbocycles. The molecule has 0 radical (unpaired) electrons. The summed E-state index contributed by atoms with van der Waals surface area (Å²) in [6.45, 7) is 0. The molecule has 0 spiro atoms. The van der Waals surface area contributed by atoms with Crippen LogP contribution in [0, 0.1) is 0 Å². The van der Waals surface area contributed by atoms with Gasteiger partial charge < -0.3 is 10.4 Å². The summed E-state index contributed by atoms with van der Waals surface area (Å²) in [5.41, 5.74) is 2.82. The molecule has 3 aromatic carbocycles. The van der Waals surface area contributed by atoms with E-state index >= 15 is 0 Å². The van der Waals surface area contributed by atoms with Crippen LogP contribution in [-0.2, 0) is 0 Å². The van der Waals surface area contributed by atoms with Crippen molar-refractivity contribution < 1.29 is 9.90 Å². The molecule has 1 amide bonds. The first-order chi connectivity index (χ1) is 13.6. The van der Waals surface area contributed by atoms with Crippen molar-refractivity contribution in [2.24, 2.45) is 0 Å². The van der Waals surface area contributed by atoms with E-state index in [1.54, 1.807) is 16.9 Å². The first kappa shape index (κ1) is 17.8. The maximum absolute atomic E-state index is 13.0. The summed E-state index contributed by atoms with van der Waals surface area (Å²) in [6, 6.07) is 23.5. The maximum Gasteiger partial charge on any atom is 0.259 e. The molecule has 0 saturated heterocycles. The molecular weight excluding hydrogens is 374 g/mol. The molecule has 0 unspecified atom stereocenters. The monoisotopic (exact) mass is 389 g/mol. The second kappa shape index (κ2) is 7.58. The van der Waals surface area contributed by atoms with Gasteiger partial charge in [0.15, 0.2) is 0 Å². The second-order valence-electron chi connectivity index (χ2n) is 6.15. The molecule has 4 aromatic rings. The van der Waals surface area contributed by atoms with E-state index in [-0.39, 0.29) is 11.4 Å². The van der Waals surface area contributed by atoms with Crippen LogP contribution in [0.1, 0.15) is 10.4 Å². The Labute approximate surface area is 166 Å². The van der Waals surface area contributed by atoms with Crippen LogP contribution in [0.15, 0.2) is 85.1 Å². The van der Waals surface area contributed by atoms with Crippen molar-refractivity contribution >= 4 is 23.2 Å². The highest BCUT2D eigenvalue weighted by Gasteiger charge is 2.19. The number of nitrogens with zero attached hydrogens (tertiary/aromatic N) is 2. The molecule has 0 saturated carbocycles. The molecule has 1 heterocycles. The Morgan fingerprint density at radius 3 is 2.36 bits per heavy atom. The van der Waals surface area contributed by atoms with Crippen LogP contribution in [0.2, 0.25) is 5.02 Å². The van der Waals surface area contributed by atoms with Gasteiger partial charge in [-0.25, -0.2) is 4.68 Å². The van der Waals surface area contributed by atoms with E-state index in [1.807, 2.05) is 60.7 Å². The predicted octanol–water partition coefficient (Wildman–Crippen LogP) is 5.15. The Balaban J connectivity index is 1.77. The van der Waals surface area contributed by atoms with E-state index in [0.29, 0.717) is 16.3 Å². The maximum atomic E-state index is 13.0. The molecule has 0 fully saturated rings. The van der Waals surface area contributed by atoms with Crippen LogP contribution in [-0.4, -0.2) is 20.8 Å². The molecule has 6 heteroatoms. The number of anilines is 1. The smallest absolute Gasteiger partial charge is 0.259 e. The largest absolute Gasteiger partial charge is 0.506 e. The number of aromatic hydroxyl groups is 1. The zero-order chi connectivity index (χ0) is 19.5. The zero-order valence-electron chi connectivity index (χ0n) is 14.7. The highest BCUT2D eigenvalue weighted by molar-refractivity contribution is 6.31. The summed E-state index contributed by atoms with van der Waals surface area (Å²) in [5.74, 6) is -0.451. The number of phenolic OH excluding ortho intramolecular Hbond substituents is 1. The van der Waals surface area contributed by atoms with Crippen LogP contribution in [0.5, 0.6) is 5.75 Å². The van der Waals surface area contributed by atoms with Crippen molar-refractivity contribution in [1.82, 2.24) is 9.78 Å². The van der Waals surface area contributed by atoms with Gasteiger partial charge in [-0.1, -0.05) is 60.1 Å². The lowest BCUT2D eigenvalue weighted by atomic mass is 10.1. The number of rotatable bonds is 4. The lowest BCUT2D eigenvalue weighted by Gasteiger charge is -2.08. The van der Waals surface area contributed by atoms with Gasteiger partial charge in [0.2, 0.25) is 0 Å². The van der Waals surface area contributed by atoms with Gasteiger partial charge in [0, 0.05) is 16.8 Å². The molecule has 4 rings (SSSR count). The number of benzene rings is 3. The number of carbonyl (C=O) groups is 1. The minimum atomic E-state index is -0.390. The van der Waals surface area contributed by atoms with Crippen LogP contribution in [0.25, 0.3) is 16.9 Å². The quantitative estimate of drug-likeness (QED) is 0.474. The van der Waals surface area contributed by atoms with Crippen molar-refractivity contribution in [1.29, 1.82) is 0 Å². The summed E-state index contributed by atoms with van der Waals surface area (Å²) in [4.78, 5) is 13.0. The standard InChI is InChI=1S/C22H16ClN3O2/c23-16-11-12-20(27)19(13-16)24-22(28)18-14-26(17-9-5-2-6-10-17)25-21(18)15-7-3-1-4-8-15/h1-14,27H,(H,24,28). The van der Waals surface area contributed by atoms with E-state index < -0.39 is 5.91 Å². The average Bonchev–Trinajstić information content (AvgIpc) is 3.18. The lowest BCUT2D eigenvalue weighted by molar-refractivity contribution is 0.102. The number of aromatic nitrogens is 2. The first-order valence-electron chi connectivity index (χ1n) is 8.62. The van der Waals surface area contributed by atoms with Crippen LogP contribution >= 0.6 is 11.6 Å². The van der Waals surface area contributed by atoms with Gasteiger partial charge in [-0.05, 0) is 30.3 Å². The van der Waals surface area contributed by atoms with Crippen molar-refractivity contribution in [3.63, 3.8) is 0 Å². The minimum Gasteiger partial charge on any atom is -0.506 e. The summed E-state index contributed by atoms with van der Waals surface area (Å²) < 4.78 is 1.66. The van der Waals surface area contributed by atoms with E-state index in [0.717, 1.165) is 11.3 Å². The van der Waals surface area contributed by atoms with Crippen LogP contribution < -0.4 is 5.32 Å². The van der Waals surface area contributed by atoms with Crippen molar-refractivity contribution in [3.05, 3.63) is 95.6 Å². The summed E-state index contributed by atoms with van der Waals surface area (Å²) in [7, 11) is 0.